The monoisotopic (exact) mass is 537 g/mol. The average Bonchev–Trinajstić information content (AvgIpc) is 3.18. The number of sulfonamides is 1. The first-order chi connectivity index (χ1) is 18.2. The number of fused-ring (bicyclic) bond motifs is 1. The molecule has 0 spiro atoms. The van der Waals surface area contributed by atoms with Crippen LogP contribution in [0.25, 0.3) is 10.9 Å². The molecule has 0 saturated heterocycles. The van der Waals surface area contributed by atoms with Crippen molar-refractivity contribution < 1.29 is 23.2 Å². The highest BCUT2D eigenvalue weighted by Gasteiger charge is 2.23. The summed E-state index contributed by atoms with van der Waals surface area (Å²) in [5.74, 6) is 0.463. The molecular weight excluding hydrogens is 510 g/mol. The van der Waals surface area contributed by atoms with Gasteiger partial charge in [-0.15, -0.1) is 10.2 Å². The van der Waals surface area contributed by atoms with E-state index in [1.54, 1.807) is 28.8 Å². The summed E-state index contributed by atoms with van der Waals surface area (Å²) in [7, 11) is -2.64. The van der Waals surface area contributed by atoms with Crippen LogP contribution in [0.15, 0.2) is 81.9 Å². The molecule has 1 heterocycles. The molecule has 11 nitrogen and oxygen atoms in total. The van der Waals surface area contributed by atoms with E-state index >= 15 is 0 Å². The van der Waals surface area contributed by atoms with Gasteiger partial charge in [0.05, 0.1) is 22.4 Å². The van der Waals surface area contributed by atoms with Crippen molar-refractivity contribution in [1.82, 2.24) is 4.57 Å². The van der Waals surface area contributed by atoms with Gasteiger partial charge in [-0.3, -0.25) is 14.8 Å². The van der Waals surface area contributed by atoms with Gasteiger partial charge < -0.3 is 14.4 Å². The van der Waals surface area contributed by atoms with Crippen LogP contribution < -0.4 is 9.46 Å². The van der Waals surface area contributed by atoms with E-state index in [2.05, 4.69) is 21.9 Å². The molecule has 3 aromatic carbocycles. The number of para-hydroxylation sites is 1. The molecule has 12 heteroatoms. The minimum atomic E-state index is -4.13. The number of rotatable bonds is 11. The number of nitro groups is 1. The predicted octanol–water partition coefficient (Wildman–Crippen LogP) is 6.67. The predicted molar refractivity (Wildman–Crippen MR) is 144 cm³/mol. The summed E-state index contributed by atoms with van der Waals surface area (Å²) in [6.45, 7) is 2.68. The Labute approximate surface area is 219 Å². The van der Waals surface area contributed by atoms with Gasteiger partial charge in [0.2, 0.25) is 5.88 Å². The van der Waals surface area contributed by atoms with Gasteiger partial charge in [0.15, 0.2) is 11.4 Å². The lowest BCUT2D eigenvalue weighted by Crippen LogP contribution is -2.13. The maximum Gasteiger partial charge on any atom is 0.298 e. The van der Waals surface area contributed by atoms with Gasteiger partial charge in [0.1, 0.15) is 5.75 Å². The Morgan fingerprint density at radius 3 is 2.47 bits per heavy atom. The smallest absolute Gasteiger partial charge is 0.298 e. The van der Waals surface area contributed by atoms with Crippen molar-refractivity contribution in [2.75, 3.05) is 11.8 Å². The fourth-order valence-corrected chi connectivity index (χ4v) is 5.07. The Bertz CT molecular complexity index is 1600. The van der Waals surface area contributed by atoms with Crippen LogP contribution in [-0.2, 0) is 16.6 Å². The Hall–Kier alpha value is -4.45. The largest absolute Gasteiger partial charge is 0.497 e. The van der Waals surface area contributed by atoms with Crippen LogP contribution in [0.2, 0.25) is 0 Å². The van der Waals surface area contributed by atoms with Crippen LogP contribution in [0.3, 0.4) is 0 Å². The van der Waals surface area contributed by atoms with Crippen LogP contribution in [-0.4, -0.2) is 30.1 Å². The minimum Gasteiger partial charge on any atom is -0.497 e. The van der Waals surface area contributed by atoms with Gasteiger partial charge >= 0.3 is 0 Å². The molecular formula is C26H27N5O6S. The summed E-state index contributed by atoms with van der Waals surface area (Å²) in [5, 5.41) is 31.5. The van der Waals surface area contributed by atoms with Crippen LogP contribution in [0, 0.1) is 10.1 Å². The molecule has 0 amide bonds. The number of nitrogens with one attached hydrogen (secondary N) is 1. The summed E-state index contributed by atoms with van der Waals surface area (Å²) >= 11 is 0. The maximum atomic E-state index is 12.9. The van der Waals surface area contributed by atoms with Gasteiger partial charge in [-0.1, -0.05) is 38.0 Å². The van der Waals surface area contributed by atoms with E-state index in [0.29, 0.717) is 17.7 Å². The number of nitrogens with zero attached hydrogens (tertiary/aromatic N) is 4. The highest BCUT2D eigenvalue weighted by atomic mass is 32.2. The van der Waals surface area contributed by atoms with E-state index in [1.807, 2.05) is 12.1 Å². The van der Waals surface area contributed by atoms with E-state index in [4.69, 9.17) is 4.74 Å². The van der Waals surface area contributed by atoms with Gasteiger partial charge in [-0.2, -0.15) is 0 Å². The Morgan fingerprint density at radius 2 is 1.79 bits per heavy atom. The van der Waals surface area contributed by atoms with Crippen LogP contribution in [0.5, 0.6) is 11.6 Å². The van der Waals surface area contributed by atoms with Crippen molar-refractivity contribution >= 4 is 43.7 Å². The van der Waals surface area contributed by atoms with Crippen molar-refractivity contribution in [1.29, 1.82) is 0 Å². The number of aromatic hydroxyl groups is 1. The molecule has 1 aromatic heterocycles. The lowest BCUT2D eigenvalue weighted by atomic mass is 10.2. The number of hydrogen-bond donors (Lipinski definition) is 2. The first-order valence-electron chi connectivity index (χ1n) is 11.9. The highest BCUT2D eigenvalue weighted by molar-refractivity contribution is 7.92. The second-order valence-corrected chi connectivity index (χ2v) is 10.2. The van der Waals surface area contributed by atoms with E-state index in [1.165, 1.54) is 31.4 Å². The first-order valence-corrected chi connectivity index (χ1v) is 13.4. The van der Waals surface area contributed by atoms with Gasteiger partial charge in [-0.05, 0) is 48.9 Å². The summed E-state index contributed by atoms with van der Waals surface area (Å²) in [6, 6.07) is 16.8. The zero-order valence-electron chi connectivity index (χ0n) is 20.9. The summed E-state index contributed by atoms with van der Waals surface area (Å²) in [5.41, 5.74) is 0.529. The molecule has 4 aromatic rings. The highest BCUT2D eigenvalue weighted by Crippen LogP contribution is 2.41. The zero-order valence-corrected chi connectivity index (χ0v) is 21.7. The van der Waals surface area contributed by atoms with Crippen LogP contribution >= 0.6 is 0 Å². The molecule has 4 rings (SSSR count). The fourth-order valence-electron chi connectivity index (χ4n) is 3.99. The number of aromatic nitrogens is 1. The second-order valence-electron chi connectivity index (χ2n) is 8.49. The number of unbranched alkanes of at least 4 members (excludes halogenated alkanes) is 2. The van der Waals surface area contributed by atoms with Crippen molar-refractivity contribution in [2.24, 2.45) is 10.2 Å². The fraction of sp³-hybridized carbons (Fsp3) is 0.231. The quantitative estimate of drug-likeness (QED) is 0.0944. The Kier molecular flexibility index (Phi) is 7.91. The molecule has 2 N–H and O–H groups in total. The Morgan fingerprint density at radius 1 is 1.05 bits per heavy atom. The topological polar surface area (TPSA) is 148 Å². The number of nitro benzene ring substituents is 1. The molecule has 0 aliphatic heterocycles. The Balaban J connectivity index is 1.67. The maximum absolute atomic E-state index is 12.9. The summed E-state index contributed by atoms with van der Waals surface area (Å²) in [6.07, 6.45) is 2.89. The first kappa shape index (κ1) is 26.6. The molecule has 0 aliphatic rings. The lowest BCUT2D eigenvalue weighted by Gasteiger charge is -2.09. The van der Waals surface area contributed by atoms with Gasteiger partial charge in [-0.25, -0.2) is 8.42 Å². The van der Waals surface area contributed by atoms with E-state index in [0.717, 1.165) is 30.8 Å². The number of benzene rings is 3. The van der Waals surface area contributed by atoms with E-state index < -0.39 is 20.6 Å². The van der Waals surface area contributed by atoms with Crippen molar-refractivity contribution in [3.8, 4) is 11.6 Å². The minimum absolute atomic E-state index is 0.0865. The molecule has 0 unspecified atom stereocenters. The molecule has 0 bridgehead atoms. The number of anilines is 1. The third kappa shape index (κ3) is 5.59. The molecule has 0 aliphatic carbocycles. The van der Waals surface area contributed by atoms with Crippen LogP contribution in [0.1, 0.15) is 26.2 Å². The van der Waals surface area contributed by atoms with Gasteiger partial charge in [0, 0.05) is 23.7 Å². The summed E-state index contributed by atoms with van der Waals surface area (Å²) in [4.78, 5) is 10.8. The number of ether oxygens (including phenoxy) is 1. The second kappa shape index (κ2) is 11.3. The lowest BCUT2D eigenvalue weighted by molar-refractivity contribution is -0.384. The standard InChI is InChI=1S/C26H27N5O6S/c1-3-4-7-16-30-23-9-6-5-8-21(23)25(26(30)32)28-27-22-15-14-20(17-24(22)31(33)34)38(35,36)29-18-10-12-19(37-2)13-11-18/h5-6,8-15,17,29,32H,3-4,7,16H2,1-2H3. The van der Waals surface area contributed by atoms with Crippen LogP contribution in [0.4, 0.5) is 22.7 Å². The third-order valence-corrected chi connectivity index (χ3v) is 7.34. The third-order valence-electron chi connectivity index (χ3n) is 5.96. The number of azo groups is 1. The molecule has 0 fully saturated rings. The molecule has 0 atom stereocenters. The number of aryl methyl sites for hydroxylation is 1. The van der Waals surface area contributed by atoms with Gasteiger partial charge in [0.25, 0.3) is 15.7 Å². The van der Waals surface area contributed by atoms with E-state index in [9.17, 15) is 23.6 Å². The zero-order chi connectivity index (χ0) is 27.3. The normalized spacial score (nSPS) is 11.7. The average molecular weight is 538 g/mol. The van der Waals surface area contributed by atoms with Crippen molar-refractivity contribution in [2.45, 2.75) is 37.6 Å². The number of methoxy groups -OCH3 is 1. The molecule has 198 valence electrons. The molecule has 0 radical (unpaired) electrons. The molecule has 0 saturated carbocycles. The molecule has 38 heavy (non-hydrogen) atoms. The SMILES string of the molecule is CCCCCn1c(O)c(N=Nc2ccc(S(=O)(=O)Nc3ccc(OC)cc3)cc2[N+](=O)[O-])c2ccccc21. The van der Waals surface area contributed by atoms with E-state index in [-0.39, 0.29) is 27.8 Å². The van der Waals surface area contributed by atoms with Crippen molar-refractivity contribution in [3.63, 3.8) is 0 Å². The number of hydrogen-bond acceptors (Lipinski definition) is 8. The van der Waals surface area contributed by atoms with Crippen molar-refractivity contribution in [3.05, 3.63) is 76.8 Å². The summed E-state index contributed by atoms with van der Waals surface area (Å²) < 4.78 is 34.9.